The summed E-state index contributed by atoms with van der Waals surface area (Å²) in [6.07, 6.45) is 3.55. The Labute approximate surface area is 136 Å². The summed E-state index contributed by atoms with van der Waals surface area (Å²) in [5, 5.41) is 0. The molecule has 0 radical (unpaired) electrons. The quantitative estimate of drug-likeness (QED) is 0.711. The van der Waals surface area contributed by atoms with Crippen molar-refractivity contribution in [2.24, 2.45) is 5.73 Å². The molecule has 2 aromatic carbocycles. The molecule has 4 N–H and O–H groups in total. The molecule has 3 nitrogen and oxygen atoms in total. The maximum absolute atomic E-state index is 6.28. The predicted molar refractivity (Wildman–Crippen MR) is 97.5 cm³/mol. The Kier molecular flexibility index (Phi) is 3.85. The molecule has 3 heteroatoms. The van der Waals surface area contributed by atoms with Crippen LogP contribution in [0, 0.1) is 6.92 Å². The number of nitrogens with zero attached hydrogens (tertiary/aromatic N) is 1. The van der Waals surface area contributed by atoms with E-state index >= 15 is 0 Å². The van der Waals surface area contributed by atoms with E-state index in [1.165, 1.54) is 0 Å². The van der Waals surface area contributed by atoms with Gasteiger partial charge < -0.3 is 11.5 Å². The summed E-state index contributed by atoms with van der Waals surface area (Å²) in [5.74, 6) is 0. The Morgan fingerprint density at radius 3 is 2.17 bits per heavy atom. The first-order valence-electron chi connectivity index (χ1n) is 7.42. The Balaban J connectivity index is 2.10. The molecule has 1 heterocycles. The number of rotatable bonds is 3. The third kappa shape index (κ3) is 2.94. The smallest absolute Gasteiger partial charge is 0.0423 e. The average Bonchev–Trinajstić information content (AvgIpc) is 2.58. The number of nitrogen functional groups attached to an aromatic ring is 1. The molecule has 3 aromatic rings. The summed E-state index contributed by atoms with van der Waals surface area (Å²) in [6.45, 7) is 5.79. The van der Waals surface area contributed by atoms with Crippen LogP contribution in [0.1, 0.15) is 11.1 Å². The maximum atomic E-state index is 6.28. The van der Waals surface area contributed by atoms with Crippen molar-refractivity contribution in [1.82, 2.24) is 4.98 Å². The normalized spacial score (nSPS) is 10.5. The van der Waals surface area contributed by atoms with Crippen LogP contribution in [0.4, 0.5) is 5.69 Å². The van der Waals surface area contributed by atoms with Crippen molar-refractivity contribution in [3.8, 4) is 22.3 Å². The second kappa shape index (κ2) is 5.97. The lowest BCUT2D eigenvalue weighted by Crippen LogP contribution is -1.96. The molecular weight excluding hydrogens is 282 g/mol. The molecule has 0 bridgehead atoms. The summed E-state index contributed by atoms with van der Waals surface area (Å²) >= 11 is 0. The van der Waals surface area contributed by atoms with Crippen LogP contribution in [0.15, 0.2) is 67.5 Å². The molecule has 0 aliphatic carbocycles. The Morgan fingerprint density at radius 2 is 1.57 bits per heavy atom. The van der Waals surface area contributed by atoms with Gasteiger partial charge in [0.25, 0.3) is 0 Å². The van der Waals surface area contributed by atoms with E-state index in [1.807, 2.05) is 31.2 Å². The van der Waals surface area contributed by atoms with E-state index in [-0.39, 0.29) is 0 Å². The summed E-state index contributed by atoms with van der Waals surface area (Å²) in [7, 11) is 0. The molecule has 23 heavy (non-hydrogen) atoms. The number of aryl methyl sites for hydroxylation is 1. The lowest BCUT2D eigenvalue weighted by molar-refractivity contribution is 1.33. The van der Waals surface area contributed by atoms with Gasteiger partial charge in [0.2, 0.25) is 0 Å². The van der Waals surface area contributed by atoms with Gasteiger partial charge in [-0.3, -0.25) is 4.98 Å². The monoisotopic (exact) mass is 301 g/mol. The van der Waals surface area contributed by atoms with Crippen LogP contribution in [0.5, 0.6) is 0 Å². The van der Waals surface area contributed by atoms with E-state index in [2.05, 4.69) is 35.8 Å². The molecule has 0 aliphatic heterocycles. The van der Waals surface area contributed by atoms with Gasteiger partial charge in [0.05, 0.1) is 0 Å². The zero-order valence-corrected chi connectivity index (χ0v) is 13.1. The molecule has 1 aromatic heterocycles. The number of anilines is 1. The highest BCUT2D eigenvalue weighted by molar-refractivity contribution is 5.84. The minimum absolute atomic E-state index is 0.572. The molecule has 0 amide bonds. The predicted octanol–water partition coefficient (Wildman–Crippen LogP) is 4.24. The lowest BCUT2D eigenvalue weighted by Gasteiger charge is -2.13. The van der Waals surface area contributed by atoms with E-state index in [9.17, 15) is 0 Å². The van der Waals surface area contributed by atoms with Gasteiger partial charge >= 0.3 is 0 Å². The first-order valence-corrected chi connectivity index (χ1v) is 7.42. The van der Waals surface area contributed by atoms with Crippen molar-refractivity contribution >= 4 is 11.4 Å². The van der Waals surface area contributed by atoms with Gasteiger partial charge in [0, 0.05) is 29.3 Å². The molecule has 0 unspecified atom stereocenters. The highest BCUT2D eigenvalue weighted by Crippen LogP contribution is 2.33. The third-order valence-electron chi connectivity index (χ3n) is 3.97. The molecule has 0 spiro atoms. The highest BCUT2D eigenvalue weighted by Gasteiger charge is 2.09. The molecule has 0 aliphatic rings. The van der Waals surface area contributed by atoms with E-state index in [1.54, 1.807) is 12.4 Å². The number of hydrogen-bond donors (Lipinski definition) is 2. The number of aromatic nitrogens is 1. The van der Waals surface area contributed by atoms with Crippen molar-refractivity contribution in [2.45, 2.75) is 6.92 Å². The highest BCUT2D eigenvalue weighted by atomic mass is 14.6. The van der Waals surface area contributed by atoms with Gasteiger partial charge in [-0.2, -0.15) is 0 Å². The Morgan fingerprint density at radius 1 is 0.913 bits per heavy atom. The maximum Gasteiger partial charge on any atom is 0.0423 e. The van der Waals surface area contributed by atoms with Crippen molar-refractivity contribution in [3.63, 3.8) is 0 Å². The summed E-state index contributed by atoms with van der Waals surface area (Å²) in [4.78, 5) is 4.07. The van der Waals surface area contributed by atoms with Gasteiger partial charge in [-0.1, -0.05) is 30.8 Å². The van der Waals surface area contributed by atoms with Crippen LogP contribution in [0.25, 0.3) is 28.0 Å². The van der Waals surface area contributed by atoms with Crippen LogP contribution in [0.3, 0.4) is 0 Å². The first kappa shape index (κ1) is 14.9. The van der Waals surface area contributed by atoms with E-state index < -0.39 is 0 Å². The zero-order valence-electron chi connectivity index (χ0n) is 13.1. The molecular formula is C20H19N3. The minimum Gasteiger partial charge on any atom is -0.399 e. The van der Waals surface area contributed by atoms with Crippen LogP contribution in [0.2, 0.25) is 0 Å². The van der Waals surface area contributed by atoms with Crippen LogP contribution in [-0.4, -0.2) is 4.98 Å². The van der Waals surface area contributed by atoms with Gasteiger partial charge in [-0.25, -0.2) is 0 Å². The topological polar surface area (TPSA) is 64.9 Å². The second-order valence-electron chi connectivity index (χ2n) is 5.59. The number of hydrogen-bond acceptors (Lipinski definition) is 3. The zero-order chi connectivity index (χ0) is 16.4. The molecule has 3 rings (SSSR count). The lowest BCUT2D eigenvalue weighted by atomic mass is 9.94. The number of nitrogens with two attached hydrogens (primary N) is 2. The van der Waals surface area contributed by atoms with E-state index in [0.717, 1.165) is 39.1 Å². The minimum atomic E-state index is 0.572. The fourth-order valence-corrected chi connectivity index (χ4v) is 2.61. The Bertz CT molecular complexity index is 850. The van der Waals surface area contributed by atoms with Crippen molar-refractivity contribution in [3.05, 3.63) is 78.6 Å². The van der Waals surface area contributed by atoms with Crippen LogP contribution < -0.4 is 11.5 Å². The van der Waals surface area contributed by atoms with Gasteiger partial charge in [0.1, 0.15) is 0 Å². The average molecular weight is 301 g/mol. The number of benzene rings is 2. The van der Waals surface area contributed by atoms with Crippen molar-refractivity contribution in [2.75, 3.05) is 5.73 Å². The SMILES string of the molecule is C=C(N)c1ccc(-c2cc(C)c(N)c(-c3ccncc3)c2)cc1. The second-order valence-corrected chi connectivity index (χ2v) is 5.59. The number of pyridine rings is 1. The van der Waals surface area contributed by atoms with Crippen molar-refractivity contribution < 1.29 is 0 Å². The van der Waals surface area contributed by atoms with Crippen molar-refractivity contribution in [1.29, 1.82) is 0 Å². The largest absolute Gasteiger partial charge is 0.399 e. The fourth-order valence-electron chi connectivity index (χ4n) is 2.61. The fraction of sp³-hybridized carbons (Fsp3) is 0.0500. The van der Waals surface area contributed by atoms with Crippen LogP contribution >= 0.6 is 0 Å². The van der Waals surface area contributed by atoms with Gasteiger partial charge in [-0.05, 0) is 59.0 Å². The summed E-state index contributed by atoms with van der Waals surface area (Å²) < 4.78 is 0. The van der Waals surface area contributed by atoms with Gasteiger partial charge in [-0.15, -0.1) is 0 Å². The summed E-state index contributed by atoms with van der Waals surface area (Å²) in [5.41, 5.74) is 19.7. The Hall–Kier alpha value is -3.07. The van der Waals surface area contributed by atoms with Gasteiger partial charge in [0.15, 0.2) is 0 Å². The molecule has 0 saturated carbocycles. The van der Waals surface area contributed by atoms with Crippen LogP contribution in [-0.2, 0) is 0 Å². The standard InChI is InChI=1S/C20H19N3/c1-13-11-18(16-5-3-15(4-6-16)14(2)21)12-19(20(13)22)17-7-9-23-10-8-17/h3-12H,2,21-22H2,1H3. The molecule has 0 fully saturated rings. The van der Waals surface area contributed by atoms with E-state index in [4.69, 9.17) is 11.5 Å². The molecule has 0 saturated heterocycles. The van der Waals surface area contributed by atoms with E-state index in [0.29, 0.717) is 5.70 Å². The molecule has 114 valence electrons. The molecule has 0 atom stereocenters. The first-order chi connectivity index (χ1) is 11.1. The summed E-state index contributed by atoms with van der Waals surface area (Å²) in [6, 6.07) is 16.2. The third-order valence-corrected chi connectivity index (χ3v) is 3.97.